The Kier molecular flexibility index (Phi) is 3.88. The van der Waals surface area contributed by atoms with Gasteiger partial charge in [-0.05, 0) is 38.5 Å². The molecule has 1 aliphatic carbocycles. The molecule has 1 amide bonds. The van der Waals surface area contributed by atoms with Gasteiger partial charge >= 0.3 is 0 Å². The van der Waals surface area contributed by atoms with Gasteiger partial charge in [0, 0.05) is 5.54 Å². The van der Waals surface area contributed by atoms with Crippen molar-refractivity contribution in [3.8, 4) is 0 Å². The van der Waals surface area contributed by atoms with Gasteiger partial charge in [0.15, 0.2) is 5.69 Å². The number of primary sulfonamides is 1. The van der Waals surface area contributed by atoms with Gasteiger partial charge in [0.2, 0.25) is 10.0 Å². The summed E-state index contributed by atoms with van der Waals surface area (Å²) in [5, 5.41) is 14.6. The van der Waals surface area contributed by atoms with Crippen LogP contribution >= 0.6 is 0 Å². The van der Waals surface area contributed by atoms with E-state index in [0.29, 0.717) is 11.6 Å². The van der Waals surface area contributed by atoms with Gasteiger partial charge in [-0.25, -0.2) is 13.6 Å². The summed E-state index contributed by atoms with van der Waals surface area (Å²) < 4.78 is 23.6. The average Bonchev–Trinajstić information content (AvgIpc) is 3.05. The molecule has 1 aromatic heterocycles. The molecule has 4 N–H and O–H groups in total. The van der Waals surface area contributed by atoms with E-state index >= 15 is 0 Å². The monoisotopic (exact) mass is 314 g/mol. The minimum Gasteiger partial charge on any atom is -0.345 e. The number of nitrogens with two attached hydrogens (primary N) is 1. The van der Waals surface area contributed by atoms with Gasteiger partial charge in [0.1, 0.15) is 4.90 Å². The molecule has 8 heteroatoms. The molecule has 0 saturated heterocycles. The Morgan fingerprint density at radius 3 is 2.43 bits per heavy atom. The van der Waals surface area contributed by atoms with E-state index in [-0.39, 0.29) is 22.0 Å². The van der Waals surface area contributed by atoms with E-state index in [1.165, 1.54) is 0 Å². The standard InChI is InChI=1S/C13H22N4O3S/c1-7(2)9-11(21(14,19)20)10(17-16-9)12(18)15-13(3,4)8-5-6-8/h7-8H,5-6H2,1-4H3,(H,15,18)(H,16,17)(H2,14,19,20). The molecule has 118 valence electrons. The first-order chi connectivity index (χ1) is 9.54. The van der Waals surface area contributed by atoms with Crippen LogP contribution in [0.4, 0.5) is 0 Å². The first kappa shape index (κ1) is 16.0. The zero-order valence-electron chi connectivity index (χ0n) is 12.7. The highest BCUT2D eigenvalue weighted by Gasteiger charge is 2.40. The summed E-state index contributed by atoms with van der Waals surface area (Å²) in [5.41, 5.74) is -0.189. The number of hydrogen-bond donors (Lipinski definition) is 3. The third kappa shape index (κ3) is 3.26. The molecular formula is C13H22N4O3S. The maximum absolute atomic E-state index is 12.4. The van der Waals surface area contributed by atoms with Crippen LogP contribution in [0.2, 0.25) is 0 Å². The van der Waals surface area contributed by atoms with Gasteiger partial charge < -0.3 is 5.32 Å². The molecule has 1 saturated carbocycles. The fourth-order valence-corrected chi connectivity index (χ4v) is 3.43. The molecule has 0 aliphatic heterocycles. The van der Waals surface area contributed by atoms with Gasteiger partial charge in [0.25, 0.3) is 5.91 Å². The molecule has 0 unspecified atom stereocenters. The number of nitrogens with one attached hydrogen (secondary N) is 2. The van der Waals surface area contributed by atoms with Crippen molar-refractivity contribution in [2.45, 2.75) is 56.9 Å². The fourth-order valence-electron chi connectivity index (χ4n) is 2.44. The van der Waals surface area contributed by atoms with Crippen LogP contribution in [0.5, 0.6) is 0 Å². The van der Waals surface area contributed by atoms with Gasteiger partial charge in [-0.2, -0.15) is 5.10 Å². The van der Waals surface area contributed by atoms with E-state index in [4.69, 9.17) is 5.14 Å². The SMILES string of the molecule is CC(C)c1[nH]nc(C(=O)NC(C)(C)C2CC2)c1S(N)(=O)=O. The predicted octanol–water partition coefficient (Wildman–Crippen LogP) is 1.10. The summed E-state index contributed by atoms with van der Waals surface area (Å²) in [6, 6.07) is 0. The Bertz CT molecular complexity index is 657. The Morgan fingerprint density at radius 1 is 1.43 bits per heavy atom. The quantitative estimate of drug-likeness (QED) is 0.754. The van der Waals surface area contributed by atoms with Gasteiger partial charge in [-0.15, -0.1) is 0 Å². The molecule has 0 spiro atoms. The normalized spacial score (nSPS) is 16.3. The van der Waals surface area contributed by atoms with E-state index < -0.39 is 15.9 Å². The lowest BCUT2D eigenvalue weighted by atomic mass is 9.98. The number of amides is 1. The summed E-state index contributed by atoms with van der Waals surface area (Å²) in [6.45, 7) is 7.46. The number of sulfonamides is 1. The summed E-state index contributed by atoms with van der Waals surface area (Å²) >= 11 is 0. The molecule has 21 heavy (non-hydrogen) atoms. The topological polar surface area (TPSA) is 118 Å². The highest BCUT2D eigenvalue weighted by atomic mass is 32.2. The predicted molar refractivity (Wildman–Crippen MR) is 78.3 cm³/mol. The molecular weight excluding hydrogens is 292 g/mol. The summed E-state index contributed by atoms with van der Waals surface area (Å²) in [4.78, 5) is 12.2. The van der Waals surface area contributed by atoms with E-state index in [0.717, 1.165) is 12.8 Å². The van der Waals surface area contributed by atoms with Crippen LogP contribution in [0.15, 0.2) is 4.90 Å². The summed E-state index contributed by atoms with van der Waals surface area (Å²) in [6.07, 6.45) is 2.13. The maximum atomic E-state index is 12.4. The molecule has 1 fully saturated rings. The number of carbonyl (C=O) groups is 1. The van der Waals surface area contributed by atoms with E-state index in [1.54, 1.807) is 13.8 Å². The molecule has 0 radical (unpaired) electrons. The Morgan fingerprint density at radius 2 is 2.00 bits per heavy atom. The number of aromatic nitrogens is 2. The Hall–Kier alpha value is -1.41. The van der Waals surface area contributed by atoms with Gasteiger partial charge in [-0.3, -0.25) is 9.89 Å². The average molecular weight is 314 g/mol. The molecule has 0 aromatic carbocycles. The fraction of sp³-hybridized carbons (Fsp3) is 0.692. The van der Waals surface area contributed by atoms with Crippen molar-refractivity contribution in [3.63, 3.8) is 0 Å². The van der Waals surface area contributed by atoms with Crippen molar-refractivity contribution in [1.82, 2.24) is 15.5 Å². The van der Waals surface area contributed by atoms with Crippen LogP contribution in [0, 0.1) is 5.92 Å². The van der Waals surface area contributed by atoms with Crippen LogP contribution in [-0.2, 0) is 10.0 Å². The van der Waals surface area contributed by atoms with Crippen molar-refractivity contribution in [2.24, 2.45) is 11.1 Å². The van der Waals surface area contributed by atoms with Gasteiger partial charge in [-0.1, -0.05) is 13.8 Å². The number of aromatic amines is 1. The van der Waals surface area contributed by atoms with Crippen LogP contribution in [0.3, 0.4) is 0 Å². The Balaban J connectivity index is 2.37. The van der Waals surface area contributed by atoms with E-state index in [1.807, 2.05) is 13.8 Å². The largest absolute Gasteiger partial charge is 0.345 e. The van der Waals surface area contributed by atoms with E-state index in [2.05, 4.69) is 15.5 Å². The zero-order chi connectivity index (χ0) is 16.0. The highest BCUT2D eigenvalue weighted by Crippen LogP contribution is 2.39. The maximum Gasteiger partial charge on any atom is 0.273 e. The van der Waals surface area contributed by atoms with Crippen LogP contribution in [0.1, 0.15) is 62.6 Å². The highest BCUT2D eigenvalue weighted by molar-refractivity contribution is 7.89. The minimum atomic E-state index is -4.03. The first-order valence-electron chi connectivity index (χ1n) is 6.97. The molecule has 1 heterocycles. The second-order valence-electron chi connectivity index (χ2n) is 6.46. The number of rotatable bonds is 5. The number of H-pyrrole nitrogens is 1. The third-order valence-electron chi connectivity index (χ3n) is 3.86. The van der Waals surface area contributed by atoms with Crippen molar-refractivity contribution in [3.05, 3.63) is 11.4 Å². The molecule has 0 bridgehead atoms. The van der Waals surface area contributed by atoms with Crippen molar-refractivity contribution >= 4 is 15.9 Å². The third-order valence-corrected chi connectivity index (χ3v) is 4.84. The second-order valence-corrected chi connectivity index (χ2v) is 7.96. The van der Waals surface area contributed by atoms with Crippen LogP contribution < -0.4 is 10.5 Å². The lowest BCUT2D eigenvalue weighted by molar-refractivity contribution is 0.0894. The minimum absolute atomic E-state index is 0.135. The molecule has 2 rings (SSSR count). The van der Waals surface area contributed by atoms with Crippen LogP contribution in [-0.4, -0.2) is 30.1 Å². The van der Waals surface area contributed by atoms with Crippen LogP contribution in [0.25, 0.3) is 0 Å². The lowest BCUT2D eigenvalue weighted by Crippen LogP contribution is -2.45. The lowest BCUT2D eigenvalue weighted by Gasteiger charge is -2.25. The summed E-state index contributed by atoms with van der Waals surface area (Å²) in [5.74, 6) is -0.231. The molecule has 7 nitrogen and oxygen atoms in total. The second kappa shape index (κ2) is 5.10. The van der Waals surface area contributed by atoms with Crippen molar-refractivity contribution in [1.29, 1.82) is 0 Å². The van der Waals surface area contributed by atoms with E-state index in [9.17, 15) is 13.2 Å². The Labute approximate surface area is 124 Å². The summed E-state index contributed by atoms with van der Waals surface area (Å²) in [7, 11) is -4.03. The van der Waals surface area contributed by atoms with Crippen molar-refractivity contribution in [2.75, 3.05) is 0 Å². The first-order valence-corrected chi connectivity index (χ1v) is 8.52. The number of nitrogens with zero attached hydrogens (tertiary/aromatic N) is 1. The van der Waals surface area contributed by atoms with Crippen molar-refractivity contribution < 1.29 is 13.2 Å². The molecule has 0 atom stereocenters. The zero-order valence-corrected chi connectivity index (χ0v) is 13.5. The number of hydrogen-bond acceptors (Lipinski definition) is 4. The smallest absolute Gasteiger partial charge is 0.273 e. The molecule has 1 aliphatic rings. The number of carbonyl (C=O) groups excluding carboxylic acids is 1. The van der Waals surface area contributed by atoms with Gasteiger partial charge in [0.05, 0.1) is 5.69 Å². The molecule has 1 aromatic rings.